The van der Waals surface area contributed by atoms with Crippen molar-refractivity contribution in [3.63, 3.8) is 0 Å². The summed E-state index contributed by atoms with van der Waals surface area (Å²) in [6.45, 7) is 6.53. The van der Waals surface area contributed by atoms with Gasteiger partial charge in [-0.15, -0.1) is 0 Å². The first-order chi connectivity index (χ1) is 8.70. The van der Waals surface area contributed by atoms with Crippen LogP contribution in [-0.4, -0.2) is 60.6 Å². The summed E-state index contributed by atoms with van der Waals surface area (Å²) in [6, 6.07) is 7.33. The molecule has 2 heterocycles. The third kappa shape index (κ3) is 3.28. The van der Waals surface area contributed by atoms with Crippen molar-refractivity contribution >= 4 is 0 Å². The van der Waals surface area contributed by atoms with Crippen LogP contribution in [0.5, 0.6) is 0 Å². The Morgan fingerprint density at radius 3 is 2.89 bits per heavy atom. The first-order valence-electron chi connectivity index (χ1n) is 6.69. The summed E-state index contributed by atoms with van der Waals surface area (Å²) in [5.41, 5.74) is 1.16. The largest absolute Gasteiger partial charge is 0.318 e. The lowest BCUT2D eigenvalue weighted by atomic mass is 10.1. The maximum absolute atomic E-state index is 4.43. The molecule has 0 radical (unpaired) electrons. The van der Waals surface area contributed by atoms with Gasteiger partial charge in [0.1, 0.15) is 0 Å². The summed E-state index contributed by atoms with van der Waals surface area (Å²) < 4.78 is 0. The van der Waals surface area contributed by atoms with E-state index in [4.69, 9.17) is 0 Å². The normalized spacial score (nSPS) is 26.4. The van der Waals surface area contributed by atoms with Crippen LogP contribution in [0.25, 0.3) is 0 Å². The summed E-state index contributed by atoms with van der Waals surface area (Å²) >= 11 is 0. The molecule has 0 saturated carbocycles. The molecular weight excluding hydrogens is 224 g/mol. The molecule has 1 aliphatic heterocycles. The van der Waals surface area contributed by atoms with Gasteiger partial charge in [-0.3, -0.25) is 14.8 Å². The lowest BCUT2D eigenvalue weighted by molar-refractivity contribution is 0.0469. The molecule has 0 aromatic carbocycles. The molecule has 1 saturated heterocycles. The summed E-state index contributed by atoms with van der Waals surface area (Å²) in [6.07, 6.45) is 1.88. The van der Waals surface area contributed by atoms with Crippen LogP contribution in [0.3, 0.4) is 0 Å². The van der Waals surface area contributed by atoms with E-state index >= 15 is 0 Å². The first kappa shape index (κ1) is 13.5. The predicted octanol–water partition coefficient (Wildman–Crippen LogP) is 0.805. The Balaban J connectivity index is 1.99. The van der Waals surface area contributed by atoms with Gasteiger partial charge in [-0.05, 0) is 33.2 Å². The number of pyridine rings is 1. The molecule has 18 heavy (non-hydrogen) atoms. The van der Waals surface area contributed by atoms with Crippen LogP contribution in [0.1, 0.15) is 12.6 Å². The molecule has 1 fully saturated rings. The van der Waals surface area contributed by atoms with Gasteiger partial charge in [-0.1, -0.05) is 6.07 Å². The van der Waals surface area contributed by atoms with Crippen LogP contribution >= 0.6 is 0 Å². The quantitative estimate of drug-likeness (QED) is 0.854. The smallest absolute Gasteiger partial charge is 0.0544 e. The number of nitrogens with one attached hydrogen (secondary N) is 1. The van der Waals surface area contributed by atoms with E-state index in [9.17, 15) is 0 Å². The van der Waals surface area contributed by atoms with Crippen LogP contribution in [0.15, 0.2) is 24.4 Å². The Bertz CT molecular complexity index is 354. The van der Waals surface area contributed by atoms with Gasteiger partial charge in [0.25, 0.3) is 0 Å². The average Bonchev–Trinajstić information content (AvgIpc) is 2.37. The van der Waals surface area contributed by atoms with E-state index in [1.165, 1.54) is 0 Å². The standard InChI is InChI=1S/C14H24N4/c1-12-9-17(3)14(8-15-2)11-18(12)10-13-6-4-5-7-16-13/h4-7,12,14-15H,8-11H2,1-3H3. The van der Waals surface area contributed by atoms with Crippen molar-refractivity contribution in [1.29, 1.82) is 0 Å². The Morgan fingerprint density at radius 2 is 2.22 bits per heavy atom. The zero-order chi connectivity index (χ0) is 13.0. The first-order valence-corrected chi connectivity index (χ1v) is 6.69. The maximum atomic E-state index is 4.43. The minimum absolute atomic E-state index is 0.588. The fourth-order valence-electron chi connectivity index (χ4n) is 2.65. The van der Waals surface area contributed by atoms with Gasteiger partial charge in [-0.25, -0.2) is 0 Å². The van der Waals surface area contributed by atoms with E-state index in [1.54, 1.807) is 0 Å². The van der Waals surface area contributed by atoms with Crippen LogP contribution in [-0.2, 0) is 6.54 Å². The van der Waals surface area contributed by atoms with Gasteiger partial charge < -0.3 is 5.32 Å². The molecule has 2 unspecified atom stereocenters. The van der Waals surface area contributed by atoms with Crippen LogP contribution in [0.2, 0.25) is 0 Å². The van der Waals surface area contributed by atoms with Gasteiger partial charge in [-0.2, -0.15) is 0 Å². The van der Waals surface area contributed by atoms with Crippen LogP contribution < -0.4 is 5.32 Å². The lowest BCUT2D eigenvalue weighted by Gasteiger charge is -2.43. The number of hydrogen-bond acceptors (Lipinski definition) is 4. The summed E-state index contributed by atoms with van der Waals surface area (Å²) in [5, 5.41) is 3.28. The second-order valence-corrected chi connectivity index (χ2v) is 5.25. The topological polar surface area (TPSA) is 31.4 Å². The summed E-state index contributed by atoms with van der Waals surface area (Å²) in [4.78, 5) is 9.41. The van der Waals surface area contributed by atoms with E-state index in [0.717, 1.165) is 31.9 Å². The Kier molecular flexibility index (Phi) is 4.69. The highest BCUT2D eigenvalue weighted by atomic mass is 15.3. The van der Waals surface area contributed by atoms with E-state index in [-0.39, 0.29) is 0 Å². The minimum atomic E-state index is 0.588. The van der Waals surface area contributed by atoms with Crippen molar-refractivity contribution in [2.75, 3.05) is 33.7 Å². The lowest BCUT2D eigenvalue weighted by Crippen LogP contribution is -2.58. The van der Waals surface area contributed by atoms with Gasteiger partial charge in [0.15, 0.2) is 0 Å². The predicted molar refractivity (Wildman–Crippen MR) is 74.5 cm³/mol. The third-order valence-electron chi connectivity index (χ3n) is 3.78. The summed E-state index contributed by atoms with van der Waals surface area (Å²) in [5.74, 6) is 0. The molecule has 1 aromatic rings. The highest BCUT2D eigenvalue weighted by molar-refractivity contribution is 5.04. The van der Waals surface area contributed by atoms with Gasteiger partial charge in [0, 0.05) is 44.5 Å². The molecule has 0 bridgehead atoms. The van der Waals surface area contributed by atoms with E-state index in [2.05, 4.69) is 46.2 Å². The van der Waals surface area contributed by atoms with Crippen molar-refractivity contribution in [3.8, 4) is 0 Å². The maximum Gasteiger partial charge on any atom is 0.0544 e. The minimum Gasteiger partial charge on any atom is -0.318 e. The molecule has 1 aliphatic rings. The Morgan fingerprint density at radius 1 is 1.39 bits per heavy atom. The highest BCUT2D eigenvalue weighted by Crippen LogP contribution is 2.15. The SMILES string of the molecule is CNCC1CN(Cc2ccccn2)C(C)CN1C. The second-order valence-electron chi connectivity index (χ2n) is 5.25. The van der Waals surface area contributed by atoms with Crippen molar-refractivity contribution in [1.82, 2.24) is 20.1 Å². The van der Waals surface area contributed by atoms with Crippen LogP contribution in [0.4, 0.5) is 0 Å². The molecule has 1 N–H and O–H groups in total. The van der Waals surface area contributed by atoms with Gasteiger partial charge in [0.2, 0.25) is 0 Å². The average molecular weight is 248 g/mol. The molecular formula is C14H24N4. The molecule has 0 aliphatic carbocycles. The van der Waals surface area contributed by atoms with E-state index in [0.29, 0.717) is 12.1 Å². The van der Waals surface area contributed by atoms with Gasteiger partial charge in [0.05, 0.1) is 5.69 Å². The van der Waals surface area contributed by atoms with E-state index in [1.807, 2.05) is 19.3 Å². The molecule has 0 amide bonds. The summed E-state index contributed by atoms with van der Waals surface area (Å²) in [7, 11) is 4.24. The highest BCUT2D eigenvalue weighted by Gasteiger charge is 2.28. The van der Waals surface area contributed by atoms with Crippen molar-refractivity contribution in [2.24, 2.45) is 0 Å². The number of aromatic nitrogens is 1. The number of nitrogens with zero attached hydrogens (tertiary/aromatic N) is 3. The number of rotatable bonds is 4. The van der Waals surface area contributed by atoms with E-state index < -0.39 is 0 Å². The molecule has 1 aromatic heterocycles. The second kappa shape index (κ2) is 6.27. The zero-order valence-electron chi connectivity index (χ0n) is 11.6. The monoisotopic (exact) mass is 248 g/mol. The Labute approximate surface area is 110 Å². The Hall–Kier alpha value is -0.970. The molecule has 2 rings (SSSR count). The fraction of sp³-hybridized carbons (Fsp3) is 0.643. The molecule has 4 heteroatoms. The van der Waals surface area contributed by atoms with Crippen molar-refractivity contribution < 1.29 is 0 Å². The molecule has 2 atom stereocenters. The molecule has 0 spiro atoms. The number of piperazine rings is 1. The van der Waals surface area contributed by atoms with Crippen molar-refractivity contribution in [3.05, 3.63) is 30.1 Å². The fourth-order valence-corrected chi connectivity index (χ4v) is 2.65. The third-order valence-corrected chi connectivity index (χ3v) is 3.78. The molecule has 4 nitrogen and oxygen atoms in total. The van der Waals surface area contributed by atoms with Crippen LogP contribution in [0, 0.1) is 0 Å². The number of hydrogen-bond donors (Lipinski definition) is 1. The molecule has 100 valence electrons. The van der Waals surface area contributed by atoms with Gasteiger partial charge >= 0.3 is 0 Å². The van der Waals surface area contributed by atoms with Crippen molar-refractivity contribution in [2.45, 2.75) is 25.6 Å². The number of likely N-dealkylation sites (N-methyl/N-ethyl adjacent to an activating group) is 2. The zero-order valence-corrected chi connectivity index (χ0v) is 11.6.